The Bertz CT molecular complexity index is 1320. The number of nitrogens with zero attached hydrogens (tertiary/aromatic N) is 2. The van der Waals surface area contributed by atoms with Crippen molar-refractivity contribution in [1.29, 1.82) is 0 Å². The minimum Gasteiger partial charge on any atom is -0.361 e. The standard InChI is InChI=1S/C21H18FN3O3S/c1-14-9-17(24-28-14)8-7-15-12-21-16(11-20(15)22)10-18(13-23)25(21)29(26,27)19-5-3-2-4-6-19/h2-12H,13,23H2,1H3. The maximum Gasteiger partial charge on any atom is 0.268 e. The van der Waals surface area contributed by atoms with Crippen LogP contribution in [-0.2, 0) is 16.6 Å². The normalized spacial score (nSPS) is 12.2. The van der Waals surface area contributed by atoms with E-state index >= 15 is 0 Å². The fraction of sp³-hybridized carbons (Fsp3) is 0.0952. The molecule has 2 aromatic carbocycles. The summed E-state index contributed by atoms with van der Waals surface area (Å²) in [6.07, 6.45) is 3.13. The molecule has 0 saturated carbocycles. The van der Waals surface area contributed by atoms with Gasteiger partial charge in [0, 0.05) is 29.3 Å². The fourth-order valence-corrected chi connectivity index (χ4v) is 4.73. The Morgan fingerprint density at radius 1 is 1.14 bits per heavy atom. The van der Waals surface area contributed by atoms with Crippen molar-refractivity contribution in [3.63, 3.8) is 0 Å². The molecule has 0 amide bonds. The summed E-state index contributed by atoms with van der Waals surface area (Å²) >= 11 is 0. The predicted octanol–water partition coefficient (Wildman–Crippen LogP) is 3.94. The number of nitrogens with two attached hydrogens (primary N) is 1. The lowest BCUT2D eigenvalue weighted by Gasteiger charge is -2.11. The Kier molecular flexibility index (Phi) is 4.81. The smallest absolute Gasteiger partial charge is 0.268 e. The molecule has 0 radical (unpaired) electrons. The Hall–Kier alpha value is -3.23. The Balaban J connectivity index is 1.89. The lowest BCUT2D eigenvalue weighted by molar-refractivity contribution is 0.396. The summed E-state index contributed by atoms with van der Waals surface area (Å²) in [5.41, 5.74) is 7.28. The second-order valence-electron chi connectivity index (χ2n) is 6.55. The molecular weight excluding hydrogens is 393 g/mol. The molecule has 2 aromatic heterocycles. The van der Waals surface area contributed by atoms with E-state index in [4.69, 9.17) is 10.3 Å². The van der Waals surface area contributed by atoms with Crippen molar-refractivity contribution in [1.82, 2.24) is 9.13 Å². The highest BCUT2D eigenvalue weighted by Gasteiger charge is 2.23. The van der Waals surface area contributed by atoms with E-state index in [1.807, 2.05) is 0 Å². The van der Waals surface area contributed by atoms with E-state index in [0.717, 1.165) is 0 Å². The van der Waals surface area contributed by atoms with E-state index in [1.54, 1.807) is 43.3 Å². The van der Waals surface area contributed by atoms with Crippen molar-refractivity contribution in [3.8, 4) is 0 Å². The Labute approximate surface area is 167 Å². The second-order valence-corrected chi connectivity index (χ2v) is 8.34. The van der Waals surface area contributed by atoms with Crippen LogP contribution in [0.1, 0.15) is 22.7 Å². The van der Waals surface area contributed by atoms with Crippen molar-refractivity contribution in [2.24, 2.45) is 5.73 Å². The third-order valence-electron chi connectivity index (χ3n) is 4.52. The zero-order valence-corrected chi connectivity index (χ0v) is 16.4. The molecule has 0 aliphatic heterocycles. The van der Waals surface area contributed by atoms with Gasteiger partial charge in [0.25, 0.3) is 10.0 Å². The van der Waals surface area contributed by atoms with Crippen molar-refractivity contribution >= 4 is 33.1 Å². The number of halogens is 1. The number of aryl methyl sites for hydroxylation is 1. The molecule has 0 saturated heterocycles. The molecule has 0 aliphatic rings. The first-order valence-corrected chi connectivity index (χ1v) is 10.3. The van der Waals surface area contributed by atoms with Crippen molar-refractivity contribution in [2.75, 3.05) is 0 Å². The Morgan fingerprint density at radius 3 is 2.55 bits per heavy atom. The van der Waals surface area contributed by atoms with Gasteiger partial charge in [0.1, 0.15) is 17.3 Å². The summed E-state index contributed by atoms with van der Waals surface area (Å²) in [5.74, 6) is 0.155. The molecule has 2 heterocycles. The van der Waals surface area contributed by atoms with Crippen LogP contribution in [0.25, 0.3) is 23.1 Å². The van der Waals surface area contributed by atoms with Gasteiger partial charge in [0.2, 0.25) is 0 Å². The quantitative estimate of drug-likeness (QED) is 0.537. The molecule has 4 aromatic rings. The van der Waals surface area contributed by atoms with Crippen LogP contribution >= 0.6 is 0 Å². The van der Waals surface area contributed by atoms with Crippen molar-refractivity contribution < 1.29 is 17.3 Å². The van der Waals surface area contributed by atoms with Crippen LogP contribution in [0, 0.1) is 12.7 Å². The minimum atomic E-state index is -3.90. The lowest BCUT2D eigenvalue weighted by atomic mass is 10.1. The van der Waals surface area contributed by atoms with Gasteiger partial charge >= 0.3 is 0 Å². The van der Waals surface area contributed by atoms with Crippen LogP contribution in [0.3, 0.4) is 0 Å². The molecule has 0 atom stereocenters. The molecule has 6 nitrogen and oxygen atoms in total. The molecule has 4 rings (SSSR count). The number of aromatic nitrogens is 2. The van der Waals surface area contributed by atoms with Crippen LogP contribution < -0.4 is 5.73 Å². The SMILES string of the molecule is Cc1cc(C=Cc2cc3c(cc2F)cc(CN)n3S(=O)(=O)c2ccccc2)no1. The van der Waals surface area contributed by atoms with E-state index in [2.05, 4.69) is 5.16 Å². The van der Waals surface area contributed by atoms with Gasteiger partial charge in [-0.05, 0) is 49.4 Å². The molecule has 8 heteroatoms. The fourth-order valence-electron chi connectivity index (χ4n) is 3.17. The molecule has 0 unspecified atom stereocenters. The summed E-state index contributed by atoms with van der Waals surface area (Å²) in [4.78, 5) is 0.131. The average molecular weight is 411 g/mol. The number of hydrogen-bond donors (Lipinski definition) is 1. The first kappa shape index (κ1) is 19.1. The van der Waals surface area contributed by atoms with Gasteiger partial charge in [-0.1, -0.05) is 23.4 Å². The second kappa shape index (κ2) is 7.31. The highest BCUT2D eigenvalue weighted by atomic mass is 32.2. The van der Waals surface area contributed by atoms with Crippen LogP contribution in [-0.4, -0.2) is 17.5 Å². The topological polar surface area (TPSA) is 91.1 Å². The van der Waals surface area contributed by atoms with Crippen molar-refractivity contribution in [2.45, 2.75) is 18.4 Å². The van der Waals surface area contributed by atoms with Crippen LogP contribution in [0.2, 0.25) is 0 Å². The van der Waals surface area contributed by atoms with Gasteiger partial charge in [0.15, 0.2) is 0 Å². The number of fused-ring (bicyclic) bond motifs is 1. The summed E-state index contributed by atoms with van der Waals surface area (Å²) in [6, 6.07) is 14.2. The number of benzene rings is 2. The number of rotatable bonds is 5. The van der Waals surface area contributed by atoms with E-state index < -0.39 is 15.8 Å². The largest absolute Gasteiger partial charge is 0.361 e. The summed E-state index contributed by atoms with van der Waals surface area (Å²) in [5, 5.41) is 4.29. The van der Waals surface area contributed by atoms with E-state index in [1.165, 1.54) is 34.3 Å². The van der Waals surface area contributed by atoms with Gasteiger partial charge in [-0.3, -0.25) is 0 Å². The molecule has 0 fully saturated rings. The van der Waals surface area contributed by atoms with E-state index in [9.17, 15) is 12.8 Å². The molecular formula is C21H18FN3O3S. The molecule has 0 bridgehead atoms. The zero-order chi connectivity index (χ0) is 20.6. The van der Waals surface area contributed by atoms with Gasteiger partial charge in [-0.15, -0.1) is 0 Å². The molecule has 2 N–H and O–H groups in total. The van der Waals surface area contributed by atoms with Gasteiger partial charge in [-0.25, -0.2) is 16.8 Å². The van der Waals surface area contributed by atoms with E-state index in [0.29, 0.717) is 28.1 Å². The highest BCUT2D eigenvalue weighted by Crippen LogP contribution is 2.28. The third-order valence-corrected chi connectivity index (χ3v) is 6.30. The summed E-state index contributed by atoms with van der Waals surface area (Å²) in [7, 11) is -3.90. The van der Waals surface area contributed by atoms with Crippen LogP contribution in [0.5, 0.6) is 0 Å². The highest BCUT2D eigenvalue weighted by molar-refractivity contribution is 7.90. The van der Waals surface area contributed by atoms with Crippen molar-refractivity contribution in [3.05, 3.63) is 83.1 Å². The first-order chi connectivity index (χ1) is 13.9. The average Bonchev–Trinajstić information content (AvgIpc) is 3.29. The molecule has 0 spiro atoms. The minimum absolute atomic E-state index is 0.00818. The molecule has 0 aliphatic carbocycles. The summed E-state index contributed by atoms with van der Waals surface area (Å²) in [6.45, 7) is 1.75. The van der Waals surface area contributed by atoms with Gasteiger partial charge in [0.05, 0.1) is 10.4 Å². The predicted molar refractivity (Wildman–Crippen MR) is 109 cm³/mol. The maximum absolute atomic E-state index is 14.6. The monoisotopic (exact) mass is 411 g/mol. The summed E-state index contributed by atoms with van der Waals surface area (Å²) < 4.78 is 47.3. The number of hydrogen-bond acceptors (Lipinski definition) is 5. The molecule has 148 valence electrons. The Morgan fingerprint density at radius 2 is 1.90 bits per heavy atom. The van der Waals surface area contributed by atoms with Gasteiger partial charge in [-0.2, -0.15) is 0 Å². The zero-order valence-electron chi connectivity index (χ0n) is 15.5. The lowest BCUT2D eigenvalue weighted by Crippen LogP contribution is -2.17. The first-order valence-electron chi connectivity index (χ1n) is 8.86. The maximum atomic E-state index is 14.6. The van der Waals surface area contributed by atoms with E-state index in [-0.39, 0.29) is 17.0 Å². The van der Waals surface area contributed by atoms with Crippen LogP contribution in [0.4, 0.5) is 4.39 Å². The van der Waals surface area contributed by atoms with Crippen LogP contribution in [0.15, 0.2) is 64.0 Å². The van der Waals surface area contributed by atoms with Gasteiger partial charge < -0.3 is 10.3 Å². The molecule has 29 heavy (non-hydrogen) atoms. The third kappa shape index (κ3) is 3.48.